The van der Waals surface area contributed by atoms with Crippen LogP contribution in [0.1, 0.15) is 16.0 Å². The van der Waals surface area contributed by atoms with Crippen molar-refractivity contribution in [2.75, 3.05) is 36.4 Å². The number of piperazine rings is 1. The maximum Gasteiger partial charge on any atom is 0.416 e. The van der Waals surface area contributed by atoms with Crippen LogP contribution >= 0.6 is 11.3 Å². The molecule has 1 aliphatic heterocycles. The predicted molar refractivity (Wildman–Crippen MR) is 183 cm³/mol. The van der Waals surface area contributed by atoms with E-state index in [-0.39, 0.29) is 23.7 Å². The molecule has 2 N–H and O–H groups in total. The fourth-order valence-corrected chi connectivity index (χ4v) is 6.83. The number of thiophene rings is 1. The molecule has 0 saturated carbocycles. The molecule has 12 heteroatoms. The van der Waals surface area contributed by atoms with Gasteiger partial charge < -0.3 is 15.5 Å². The van der Waals surface area contributed by atoms with Crippen LogP contribution in [0.2, 0.25) is 0 Å². The third-order valence-electron chi connectivity index (χ3n) is 8.36. The van der Waals surface area contributed by atoms with E-state index in [1.54, 1.807) is 29.5 Å². The van der Waals surface area contributed by atoms with Crippen LogP contribution in [-0.2, 0) is 12.7 Å². The van der Waals surface area contributed by atoms with E-state index in [1.807, 2.05) is 48.2 Å². The number of hydrogen-bond acceptors (Lipinski definition) is 7. The number of aromatic nitrogens is 3. The van der Waals surface area contributed by atoms with Crippen molar-refractivity contribution in [3.8, 4) is 21.6 Å². The normalized spacial score (nSPS) is 13.6. The smallest absolute Gasteiger partial charge is 0.367 e. The highest BCUT2D eigenvalue weighted by molar-refractivity contribution is 7.15. The molecule has 6 aromatic rings. The molecular weight excluding hydrogens is 640 g/mol. The average Bonchev–Trinajstić information content (AvgIpc) is 3.52. The van der Waals surface area contributed by atoms with Gasteiger partial charge in [0, 0.05) is 58.8 Å². The highest BCUT2D eigenvalue weighted by Crippen LogP contribution is 2.34. The largest absolute Gasteiger partial charge is 0.416 e. The number of nitrogens with one attached hydrogen (secondary N) is 2. The zero-order chi connectivity index (χ0) is 33.4. The maximum absolute atomic E-state index is 15.1. The van der Waals surface area contributed by atoms with Gasteiger partial charge in [0.2, 0.25) is 5.95 Å². The molecule has 0 bridgehead atoms. The molecule has 7 nitrogen and oxygen atoms in total. The Hall–Kier alpha value is -5.07. The van der Waals surface area contributed by atoms with Gasteiger partial charge in [0.05, 0.1) is 17.8 Å². The molecule has 1 aliphatic rings. The minimum absolute atomic E-state index is 0.0671. The molecule has 48 heavy (non-hydrogen) atoms. The summed E-state index contributed by atoms with van der Waals surface area (Å²) in [4.78, 5) is 27.4. The summed E-state index contributed by atoms with van der Waals surface area (Å²) in [5.74, 6) is -0.342. The third kappa shape index (κ3) is 6.41. The summed E-state index contributed by atoms with van der Waals surface area (Å²) in [5.41, 5.74) is 1.51. The number of fused-ring (bicyclic) bond motifs is 1. The number of aryl methyl sites for hydroxylation is 1. The van der Waals surface area contributed by atoms with E-state index >= 15 is 4.39 Å². The number of anilines is 3. The molecule has 3 aromatic carbocycles. The molecule has 0 amide bonds. The summed E-state index contributed by atoms with van der Waals surface area (Å²) in [6, 6.07) is 23.2. The van der Waals surface area contributed by atoms with E-state index < -0.39 is 23.1 Å². The van der Waals surface area contributed by atoms with Crippen LogP contribution in [0.5, 0.6) is 0 Å². The molecule has 0 unspecified atom stereocenters. The Morgan fingerprint density at radius 3 is 2.40 bits per heavy atom. The molecule has 7 rings (SSSR count). The first-order valence-electron chi connectivity index (χ1n) is 15.4. The van der Waals surface area contributed by atoms with Gasteiger partial charge in [-0.2, -0.15) is 18.2 Å². The molecule has 244 valence electrons. The van der Waals surface area contributed by atoms with Crippen LogP contribution in [0.25, 0.3) is 32.6 Å². The van der Waals surface area contributed by atoms with Crippen LogP contribution in [-0.4, -0.2) is 40.7 Å². The second-order valence-electron chi connectivity index (χ2n) is 11.6. The summed E-state index contributed by atoms with van der Waals surface area (Å²) >= 11 is 1.66. The van der Waals surface area contributed by atoms with Crippen LogP contribution in [0.3, 0.4) is 0 Å². The molecule has 1 fully saturated rings. The number of pyridine rings is 1. The van der Waals surface area contributed by atoms with Crippen molar-refractivity contribution in [1.29, 1.82) is 0 Å². The zero-order valence-electron chi connectivity index (χ0n) is 25.8. The molecule has 0 aliphatic carbocycles. The van der Waals surface area contributed by atoms with E-state index in [2.05, 4.69) is 20.6 Å². The van der Waals surface area contributed by atoms with Crippen LogP contribution < -0.4 is 21.1 Å². The van der Waals surface area contributed by atoms with Gasteiger partial charge in [-0.3, -0.25) is 9.36 Å². The average molecular weight is 671 g/mol. The van der Waals surface area contributed by atoms with Crippen molar-refractivity contribution in [2.45, 2.75) is 19.6 Å². The van der Waals surface area contributed by atoms with Gasteiger partial charge in [0.25, 0.3) is 5.56 Å². The first kappa shape index (κ1) is 31.5. The Kier molecular flexibility index (Phi) is 8.44. The number of benzene rings is 3. The summed E-state index contributed by atoms with van der Waals surface area (Å²) < 4.78 is 58.4. The maximum atomic E-state index is 15.1. The minimum atomic E-state index is -4.62. The zero-order valence-corrected chi connectivity index (χ0v) is 26.6. The quantitative estimate of drug-likeness (QED) is 0.169. The summed E-state index contributed by atoms with van der Waals surface area (Å²) in [7, 11) is 0. The SMILES string of the molecule is Cc1ccc(-c2ccc(-c3cc4cnc(Nc5ccc(N6CCNCC6)c(F)c5)nc4n(Cc4ccccc4C(F)(F)F)c3=O)cc2)s1. The van der Waals surface area contributed by atoms with Gasteiger partial charge in [-0.25, -0.2) is 9.37 Å². The monoisotopic (exact) mass is 670 g/mol. The van der Waals surface area contributed by atoms with Gasteiger partial charge in [0.1, 0.15) is 11.5 Å². The molecule has 0 spiro atoms. The van der Waals surface area contributed by atoms with Crippen molar-refractivity contribution in [3.05, 3.63) is 123 Å². The van der Waals surface area contributed by atoms with Crippen molar-refractivity contribution in [1.82, 2.24) is 19.9 Å². The number of hydrogen-bond donors (Lipinski definition) is 2. The lowest BCUT2D eigenvalue weighted by Crippen LogP contribution is -2.43. The van der Waals surface area contributed by atoms with E-state index in [0.717, 1.165) is 29.6 Å². The minimum Gasteiger partial charge on any atom is -0.367 e. The van der Waals surface area contributed by atoms with Crippen molar-refractivity contribution in [2.24, 2.45) is 0 Å². The highest BCUT2D eigenvalue weighted by atomic mass is 32.1. The van der Waals surface area contributed by atoms with E-state index in [9.17, 15) is 18.0 Å². The first-order valence-corrected chi connectivity index (χ1v) is 16.2. The fraction of sp³-hybridized carbons (Fsp3) is 0.194. The van der Waals surface area contributed by atoms with Crippen LogP contribution in [0.15, 0.2) is 95.9 Å². The lowest BCUT2D eigenvalue weighted by molar-refractivity contribution is -0.138. The Morgan fingerprint density at radius 1 is 0.938 bits per heavy atom. The van der Waals surface area contributed by atoms with Crippen LogP contribution in [0.4, 0.5) is 34.9 Å². The summed E-state index contributed by atoms with van der Waals surface area (Å²) in [6.45, 7) is 4.56. The number of alkyl halides is 3. The lowest BCUT2D eigenvalue weighted by atomic mass is 10.0. The topological polar surface area (TPSA) is 75.1 Å². The lowest BCUT2D eigenvalue weighted by Gasteiger charge is -2.29. The van der Waals surface area contributed by atoms with E-state index in [0.29, 0.717) is 41.0 Å². The molecular formula is C36H30F4N6OS. The Morgan fingerprint density at radius 2 is 1.69 bits per heavy atom. The number of nitrogens with zero attached hydrogens (tertiary/aromatic N) is 4. The van der Waals surface area contributed by atoms with Gasteiger partial charge in [-0.15, -0.1) is 11.3 Å². The molecule has 4 heterocycles. The fourth-order valence-electron chi connectivity index (χ4n) is 5.96. The first-order chi connectivity index (χ1) is 23.1. The Balaban J connectivity index is 1.29. The van der Waals surface area contributed by atoms with Crippen molar-refractivity contribution >= 4 is 39.7 Å². The standard InChI is InChI=1S/C36H30F4N6OS/c1-22-6-13-32(48-22)24-9-7-23(8-10-24)28-18-26-20-42-35(43-27-11-12-31(30(37)19-27)45-16-14-41-15-17-45)44-33(26)46(34(28)47)21-25-4-2-3-5-29(25)36(38,39)40/h2-13,18-20,41H,14-17,21H2,1H3,(H,42,43,44). The summed E-state index contributed by atoms with van der Waals surface area (Å²) in [5, 5.41) is 6.70. The molecule has 0 atom stereocenters. The second kappa shape index (κ2) is 12.9. The molecule has 1 saturated heterocycles. The predicted octanol–water partition coefficient (Wildman–Crippen LogP) is 7.85. The molecule has 3 aromatic heterocycles. The van der Waals surface area contributed by atoms with E-state index in [1.165, 1.54) is 39.9 Å². The third-order valence-corrected chi connectivity index (χ3v) is 9.41. The van der Waals surface area contributed by atoms with E-state index in [4.69, 9.17) is 0 Å². The van der Waals surface area contributed by atoms with Gasteiger partial charge in [-0.1, -0.05) is 42.5 Å². The van der Waals surface area contributed by atoms with Crippen molar-refractivity contribution < 1.29 is 17.6 Å². The van der Waals surface area contributed by atoms with Gasteiger partial charge >= 0.3 is 6.18 Å². The number of halogens is 4. The Bertz CT molecular complexity index is 2170. The number of rotatable bonds is 7. The Labute approximate surface area is 277 Å². The van der Waals surface area contributed by atoms with Crippen LogP contribution in [0, 0.1) is 12.7 Å². The second-order valence-corrected chi connectivity index (χ2v) is 12.9. The van der Waals surface area contributed by atoms with Gasteiger partial charge in [0.15, 0.2) is 0 Å². The molecule has 0 radical (unpaired) electrons. The van der Waals surface area contributed by atoms with Gasteiger partial charge in [-0.05, 0) is 66.1 Å². The van der Waals surface area contributed by atoms with Crippen molar-refractivity contribution in [3.63, 3.8) is 0 Å². The summed E-state index contributed by atoms with van der Waals surface area (Å²) in [6.07, 6.45) is -3.11. The highest BCUT2D eigenvalue weighted by Gasteiger charge is 2.33.